The van der Waals surface area contributed by atoms with E-state index < -0.39 is 15.8 Å². The molecule has 3 heteroatoms. The van der Waals surface area contributed by atoms with Gasteiger partial charge in [0.1, 0.15) is 0 Å². The molecular formula is C18H33NOS. The zero-order chi connectivity index (χ0) is 15.5. The maximum Gasteiger partial charge on any atom is 0.0684 e. The highest BCUT2D eigenvalue weighted by Gasteiger charge is 2.35. The van der Waals surface area contributed by atoms with Crippen LogP contribution in [0, 0.1) is 5.92 Å². The van der Waals surface area contributed by atoms with Gasteiger partial charge < -0.3 is 5.11 Å². The van der Waals surface area contributed by atoms with Crippen molar-refractivity contribution in [2.45, 2.75) is 65.4 Å². The zero-order valence-corrected chi connectivity index (χ0v) is 15.1. The van der Waals surface area contributed by atoms with Crippen molar-refractivity contribution in [2.24, 2.45) is 5.92 Å². The lowest BCUT2D eigenvalue weighted by atomic mass is 9.84. The van der Waals surface area contributed by atoms with E-state index in [1.807, 2.05) is 13.8 Å². The fourth-order valence-electron chi connectivity index (χ4n) is 3.79. The maximum atomic E-state index is 10.4. The van der Waals surface area contributed by atoms with Crippen molar-refractivity contribution in [3.05, 3.63) is 22.5 Å². The summed E-state index contributed by atoms with van der Waals surface area (Å²) in [6.45, 7) is 10.5. The van der Waals surface area contributed by atoms with Crippen LogP contribution in [0.3, 0.4) is 0 Å². The molecule has 0 aromatic heterocycles. The van der Waals surface area contributed by atoms with Crippen LogP contribution in [0.5, 0.6) is 0 Å². The van der Waals surface area contributed by atoms with Crippen LogP contribution in [0.25, 0.3) is 0 Å². The Morgan fingerprint density at radius 3 is 2.33 bits per heavy atom. The minimum Gasteiger partial charge on any atom is -0.390 e. The van der Waals surface area contributed by atoms with Crippen LogP contribution in [0.2, 0.25) is 0 Å². The lowest BCUT2D eigenvalue weighted by Gasteiger charge is -2.45. The topological polar surface area (TPSA) is 23.5 Å². The van der Waals surface area contributed by atoms with E-state index in [0.29, 0.717) is 0 Å². The van der Waals surface area contributed by atoms with E-state index in [0.717, 1.165) is 24.8 Å². The fraction of sp³-hybridized carbons (Fsp3) is 0.778. The molecule has 0 saturated heterocycles. The molecule has 1 aliphatic heterocycles. The smallest absolute Gasteiger partial charge is 0.0684 e. The molecule has 0 spiro atoms. The molecular weight excluding hydrogens is 278 g/mol. The zero-order valence-electron chi connectivity index (χ0n) is 14.3. The standard InChI is InChI=1S/C18H33NOS/c1-5-19(6-2)21(15-18(3,4)20)13-12-17(14-21)16-10-8-7-9-11-16/h12-14,16,20H,5-11,15H2,1-4H3. The predicted octanol–water partition coefficient (Wildman–Crippen LogP) is 4.81. The Bertz CT molecular complexity index is 400. The molecule has 1 unspecified atom stereocenters. The van der Waals surface area contributed by atoms with Crippen molar-refractivity contribution < 1.29 is 5.11 Å². The molecule has 1 N–H and O–H groups in total. The van der Waals surface area contributed by atoms with Crippen molar-refractivity contribution in [2.75, 3.05) is 18.8 Å². The largest absolute Gasteiger partial charge is 0.390 e. The number of rotatable bonds is 6. The summed E-state index contributed by atoms with van der Waals surface area (Å²) in [6, 6.07) is 0. The average Bonchev–Trinajstić information content (AvgIpc) is 2.84. The predicted molar refractivity (Wildman–Crippen MR) is 95.5 cm³/mol. The summed E-state index contributed by atoms with van der Waals surface area (Å²) >= 11 is 0. The SMILES string of the molecule is CCN(CC)S1(CC(C)(C)O)C=CC(C2CCCCC2)=C1. The Kier molecular flexibility index (Phi) is 5.61. The summed E-state index contributed by atoms with van der Waals surface area (Å²) in [7, 11) is -1.12. The first kappa shape index (κ1) is 17.1. The van der Waals surface area contributed by atoms with E-state index in [1.165, 1.54) is 32.1 Å². The molecule has 2 rings (SSSR count). The van der Waals surface area contributed by atoms with Gasteiger partial charge in [0, 0.05) is 18.8 Å². The normalized spacial score (nSPS) is 30.5. The third kappa shape index (κ3) is 4.14. The molecule has 1 saturated carbocycles. The molecule has 1 atom stereocenters. The summed E-state index contributed by atoms with van der Waals surface area (Å²) in [6.07, 6.45) is 9.27. The number of aliphatic hydroxyl groups is 1. The first-order chi connectivity index (χ1) is 9.90. The van der Waals surface area contributed by atoms with E-state index in [2.05, 4.69) is 35.0 Å². The highest BCUT2D eigenvalue weighted by molar-refractivity contribution is 8.36. The Hall–Kier alpha value is -0.250. The molecule has 2 aliphatic rings. The lowest BCUT2D eigenvalue weighted by molar-refractivity contribution is 0.105. The van der Waals surface area contributed by atoms with Gasteiger partial charge in [-0.05, 0) is 49.0 Å². The average molecular weight is 312 g/mol. The molecule has 0 amide bonds. The third-order valence-corrected chi connectivity index (χ3v) is 8.62. The van der Waals surface area contributed by atoms with E-state index >= 15 is 0 Å². The molecule has 0 radical (unpaired) electrons. The van der Waals surface area contributed by atoms with Crippen molar-refractivity contribution in [3.8, 4) is 0 Å². The minimum absolute atomic E-state index is 0.610. The molecule has 0 aromatic rings. The van der Waals surface area contributed by atoms with Gasteiger partial charge in [0.15, 0.2) is 0 Å². The Morgan fingerprint density at radius 1 is 1.19 bits per heavy atom. The van der Waals surface area contributed by atoms with Gasteiger partial charge in [-0.2, -0.15) is 0 Å². The van der Waals surface area contributed by atoms with Crippen LogP contribution in [-0.2, 0) is 0 Å². The molecule has 0 bridgehead atoms. The Morgan fingerprint density at radius 2 is 1.81 bits per heavy atom. The second-order valence-corrected chi connectivity index (χ2v) is 10.1. The van der Waals surface area contributed by atoms with Gasteiger partial charge >= 0.3 is 0 Å². The molecule has 1 heterocycles. The van der Waals surface area contributed by atoms with Crippen LogP contribution in [0.1, 0.15) is 59.8 Å². The second kappa shape index (κ2) is 6.89. The summed E-state index contributed by atoms with van der Waals surface area (Å²) < 4.78 is 2.57. The van der Waals surface area contributed by atoms with E-state index in [4.69, 9.17) is 0 Å². The number of hydrogen-bond acceptors (Lipinski definition) is 2. The molecule has 122 valence electrons. The van der Waals surface area contributed by atoms with Gasteiger partial charge in [0.2, 0.25) is 0 Å². The molecule has 1 fully saturated rings. The minimum atomic E-state index is -1.12. The van der Waals surface area contributed by atoms with Crippen molar-refractivity contribution in [1.82, 2.24) is 4.31 Å². The number of hydrogen-bond donors (Lipinski definition) is 1. The van der Waals surface area contributed by atoms with Crippen LogP contribution >= 0.6 is 10.2 Å². The Balaban J connectivity index is 2.25. The first-order valence-corrected chi connectivity index (χ1v) is 10.5. The quantitative estimate of drug-likeness (QED) is 0.761. The van der Waals surface area contributed by atoms with Crippen LogP contribution in [0.4, 0.5) is 0 Å². The fourth-order valence-corrected chi connectivity index (χ4v) is 7.78. The summed E-state index contributed by atoms with van der Waals surface area (Å²) in [4.78, 5) is 0. The molecule has 2 nitrogen and oxygen atoms in total. The Labute approximate surface area is 132 Å². The molecule has 0 aromatic carbocycles. The molecule has 21 heavy (non-hydrogen) atoms. The maximum absolute atomic E-state index is 10.4. The number of allylic oxidation sites excluding steroid dienone is 2. The van der Waals surface area contributed by atoms with Crippen LogP contribution < -0.4 is 0 Å². The second-order valence-electron chi connectivity index (χ2n) is 7.14. The van der Waals surface area contributed by atoms with Gasteiger partial charge in [-0.15, -0.1) is 10.2 Å². The van der Waals surface area contributed by atoms with Gasteiger partial charge in [0.25, 0.3) is 0 Å². The summed E-state index contributed by atoms with van der Waals surface area (Å²) in [5.74, 6) is 1.62. The number of nitrogens with zero attached hydrogens (tertiary/aromatic N) is 1. The summed E-state index contributed by atoms with van der Waals surface area (Å²) in [5.41, 5.74) is 0.946. The molecule has 1 aliphatic carbocycles. The monoisotopic (exact) mass is 311 g/mol. The van der Waals surface area contributed by atoms with E-state index in [1.54, 1.807) is 5.57 Å². The lowest BCUT2D eigenvalue weighted by Crippen LogP contribution is -2.35. The van der Waals surface area contributed by atoms with Crippen LogP contribution in [-0.4, -0.2) is 33.9 Å². The summed E-state index contributed by atoms with van der Waals surface area (Å²) in [5, 5.41) is 15.4. The van der Waals surface area contributed by atoms with Crippen molar-refractivity contribution >= 4 is 10.2 Å². The third-order valence-electron chi connectivity index (χ3n) is 4.68. The highest BCUT2D eigenvalue weighted by Crippen LogP contribution is 2.61. The van der Waals surface area contributed by atoms with Gasteiger partial charge in [-0.25, -0.2) is 0 Å². The van der Waals surface area contributed by atoms with E-state index in [9.17, 15) is 5.11 Å². The van der Waals surface area contributed by atoms with E-state index in [-0.39, 0.29) is 0 Å². The first-order valence-electron chi connectivity index (χ1n) is 8.58. The van der Waals surface area contributed by atoms with Crippen LogP contribution in [0.15, 0.2) is 22.5 Å². The van der Waals surface area contributed by atoms with Gasteiger partial charge in [-0.1, -0.05) is 39.2 Å². The van der Waals surface area contributed by atoms with Gasteiger partial charge in [-0.3, -0.25) is 4.31 Å². The highest BCUT2D eigenvalue weighted by atomic mass is 32.3. The van der Waals surface area contributed by atoms with Gasteiger partial charge in [0.05, 0.1) is 5.60 Å². The van der Waals surface area contributed by atoms with Crippen molar-refractivity contribution in [1.29, 1.82) is 0 Å². The van der Waals surface area contributed by atoms with Crippen molar-refractivity contribution in [3.63, 3.8) is 0 Å².